The first-order chi connectivity index (χ1) is 15.1. The normalized spacial score (nSPS) is 16.1. The number of amides is 1. The molecule has 1 aliphatic rings. The first kappa shape index (κ1) is 25.7. The molecular weight excluding hydrogens is 519 g/mol. The predicted molar refractivity (Wildman–Crippen MR) is 138 cm³/mol. The molecule has 1 aromatic carbocycles. The summed E-state index contributed by atoms with van der Waals surface area (Å²) >= 11 is 0. The fraction of sp³-hybridized carbons (Fsp3) is 0.435. The van der Waals surface area contributed by atoms with Crippen LogP contribution >= 0.6 is 24.0 Å². The van der Waals surface area contributed by atoms with Crippen molar-refractivity contribution in [2.24, 2.45) is 16.6 Å². The van der Waals surface area contributed by atoms with Crippen LogP contribution in [0, 0.1) is 5.92 Å². The average molecular weight is 552 g/mol. The number of hydrogen-bond donors (Lipinski definition) is 3. The number of nitrogens with two attached hydrogens (primary N) is 1. The maximum Gasteiger partial charge on any atom is 0.222 e. The number of pyridine rings is 1. The third-order valence-electron chi connectivity index (χ3n) is 5.38. The molecule has 2 heterocycles. The Hall–Kier alpha value is -2.56. The number of piperidine rings is 1. The minimum absolute atomic E-state index is 0. The fourth-order valence-corrected chi connectivity index (χ4v) is 3.77. The lowest BCUT2D eigenvalue weighted by Crippen LogP contribution is -2.42. The Morgan fingerprint density at radius 3 is 2.78 bits per heavy atom. The molecule has 0 aliphatic carbocycles. The lowest BCUT2D eigenvalue weighted by atomic mass is 9.97. The van der Waals surface area contributed by atoms with Gasteiger partial charge >= 0.3 is 0 Å². The van der Waals surface area contributed by atoms with Gasteiger partial charge in [-0.1, -0.05) is 24.3 Å². The quantitative estimate of drug-likeness (QED) is 0.264. The van der Waals surface area contributed by atoms with Crippen molar-refractivity contribution in [1.82, 2.24) is 15.6 Å². The van der Waals surface area contributed by atoms with Gasteiger partial charge in [0.25, 0.3) is 0 Å². The van der Waals surface area contributed by atoms with Gasteiger partial charge in [-0.2, -0.15) is 0 Å². The molecule has 1 unspecified atom stereocenters. The zero-order valence-corrected chi connectivity index (χ0v) is 21.0. The second-order valence-electron chi connectivity index (χ2n) is 7.53. The summed E-state index contributed by atoms with van der Waals surface area (Å²) in [6.45, 7) is 5.35. The van der Waals surface area contributed by atoms with Gasteiger partial charge in [-0.3, -0.25) is 4.79 Å². The van der Waals surface area contributed by atoms with Crippen LogP contribution < -0.4 is 26.0 Å². The summed E-state index contributed by atoms with van der Waals surface area (Å²) in [7, 11) is 1.67. The van der Waals surface area contributed by atoms with Crippen LogP contribution in [0.2, 0.25) is 0 Å². The number of rotatable bonds is 8. The van der Waals surface area contributed by atoms with Crippen molar-refractivity contribution in [2.75, 3.05) is 31.6 Å². The number of benzene rings is 1. The highest BCUT2D eigenvalue weighted by molar-refractivity contribution is 14.0. The molecule has 9 heteroatoms. The van der Waals surface area contributed by atoms with Gasteiger partial charge in [-0.05, 0) is 31.9 Å². The van der Waals surface area contributed by atoms with Gasteiger partial charge in [-0.15, -0.1) is 24.0 Å². The van der Waals surface area contributed by atoms with Crippen LogP contribution in [-0.4, -0.2) is 43.6 Å². The summed E-state index contributed by atoms with van der Waals surface area (Å²) in [6, 6.07) is 11.8. The first-order valence-electron chi connectivity index (χ1n) is 10.7. The molecule has 1 amide bonds. The number of aliphatic imine (C=N–C) groups is 1. The minimum atomic E-state index is -0.238. The molecule has 0 bridgehead atoms. The van der Waals surface area contributed by atoms with E-state index in [4.69, 9.17) is 15.5 Å². The van der Waals surface area contributed by atoms with Crippen molar-refractivity contribution in [3.63, 3.8) is 0 Å². The molecule has 0 radical (unpaired) electrons. The Labute approximate surface area is 207 Å². The van der Waals surface area contributed by atoms with E-state index in [0.29, 0.717) is 19.6 Å². The Morgan fingerprint density at radius 2 is 2.03 bits per heavy atom. The molecule has 8 nitrogen and oxygen atoms in total. The van der Waals surface area contributed by atoms with E-state index in [1.54, 1.807) is 13.3 Å². The number of halogens is 1. The van der Waals surface area contributed by atoms with E-state index in [0.717, 1.165) is 54.6 Å². The van der Waals surface area contributed by atoms with Gasteiger partial charge in [0.2, 0.25) is 5.91 Å². The van der Waals surface area contributed by atoms with Crippen LogP contribution in [0.25, 0.3) is 0 Å². The summed E-state index contributed by atoms with van der Waals surface area (Å²) < 4.78 is 5.42. The van der Waals surface area contributed by atoms with E-state index in [1.807, 2.05) is 43.3 Å². The summed E-state index contributed by atoms with van der Waals surface area (Å²) in [6.07, 6.45) is 3.56. The van der Waals surface area contributed by atoms with E-state index in [9.17, 15) is 4.79 Å². The molecule has 1 aliphatic heterocycles. The van der Waals surface area contributed by atoms with Crippen molar-refractivity contribution in [3.8, 4) is 5.75 Å². The SMILES string of the molecule is CCNC(=NCc1ccccc1OC)NCc1cccnc1N1CCCC(C(N)=O)C1.I. The fourth-order valence-electron chi connectivity index (χ4n) is 3.77. The number of nitrogens with one attached hydrogen (secondary N) is 2. The topological polar surface area (TPSA) is 105 Å². The van der Waals surface area contributed by atoms with Crippen molar-refractivity contribution >= 4 is 41.7 Å². The molecule has 1 fully saturated rings. The molecule has 32 heavy (non-hydrogen) atoms. The summed E-state index contributed by atoms with van der Waals surface area (Å²) in [4.78, 5) is 23.1. The van der Waals surface area contributed by atoms with E-state index < -0.39 is 0 Å². The summed E-state index contributed by atoms with van der Waals surface area (Å²) in [5, 5.41) is 6.68. The zero-order valence-electron chi connectivity index (χ0n) is 18.7. The number of nitrogens with zero attached hydrogens (tertiary/aromatic N) is 3. The van der Waals surface area contributed by atoms with Gasteiger partial charge in [0.15, 0.2) is 5.96 Å². The Kier molecular flexibility index (Phi) is 10.5. The molecule has 2 aromatic rings. The number of para-hydroxylation sites is 1. The highest BCUT2D eigenvalue weighted by atomic mass is 127. The Morgan fingerprint density at radius 1 is 1.25 bits per heavy atom. The highest BCUT2D eigenvalue weighted by Crippen LogP contribution is 2.24. The maximum absolute atomic E-state index is 11.7. The standard InChI is InChI=1S/C23H32N6O2.HI/c1-3-25-23(27-14-17-8-4-5-11-20(17)31-2)28-15-18-9-6-12-26-22(18)29-13-7-10-19(16-29)21(24)30;/h4-6,8-9,11-12,19H,3,7,10,13-16H2,1-2H3,(H2,24,30)(H2,25,27,28);1H. The van der Waals surface area contributed by atoms with Crippen molar-refractivity contribution in [3.05, 3.63) is 53.7 Å². The number of anilines is 1. The molecule has 4 N–H and O–H groups in total. The molecule has 1 atom stereocenters. The Bertz CT molecular complexity index is 908. The van der Waals surface area contributed by atoms with E-state index in [-0.39, 0.29) is 35.8 Å². The smallest absolute Gasteiger partial charge is 0.222 e. The lowest BCUT2D eigenvalue weighted by molar-refractivity contribution is -0.122. The van der Waals surface area contributed by atoms with Crippen LogP contribution in [-0.2, 0) is 17.9 Å². The second kappa shape index (κ2) is 13.1. The van der Waals surface area contributed by atoms with Crippen molar-refractivity contribution in [1.29, 1.82) is 0 Å². The zero-order chi connectivity index (χ0) is 22.1. The maximum atomic E-state index is 11.7. The number of hydrogen-bond acceptors (Lipinski definition) is 5. The highest BCUT2D eigenvalue weighted by Gasteiger charge is 2.25. The first-order valence-corrected chi connectivity index (χ1v) is 10.7. The predicted octanol–water partition coefficient (Wildman–Crippen LogP) is 2.67. The Balaban J connectivity index is 0.00000363. The van der Waals surface area contributed by atoms with Gasteiger partial charge in [-0.25, -0.2) is 9.98 Å². The third kappa shape index (κ3) is 6.98. The monoisotopic (exact) mass is 552 g/mol. The van der Waals surface area contributed by atoms with Crippen LogP contribution in [0.1, 0.15) is 30.9 Å². The second-order valence-corrected chi connectivity index (χ2v) is 7.53. The molecule has 0 spiro atoms. The van der Waals surface area contributed by atoms with Gasteiger partial charge in [0.1, 0.15) is 11.6 Å². The van der Waals surface area contributed by atoms with Crippen LogP contribution in [0.4, 0.5) is 5.82 Å². The van der Waals surface area contributed by atoms with E-state index in [1.165, 1.54) is 0 Å². The summed E-state index contributed by atoms with van der Waals surface area (Å²) in [5.41, 5.74) is 7.62. The van der Waals surface area contributed by atoms with E-state index in [2.05, 4.69) is 20.5 Å². The molecule has 3 rings (SSSR count). The minimum Gasteiger partial charge on any atom is -0.496 e. The van der Waals surface area contributed by atoms with Gasteiger partial charge in [0, 0.05) is 43.5 Å². The molecule has 1 aromatic heterocycles. The summed E-state index contributed by atoms with van der Waals surface area (Å²) in [5.74, 6) is 2.07. The molecule has 174 valence electrons. The number of carbonyl (C=O) groups is 1. The third-order valence-corrected chi connectivity index (χ3v) is 5.38. The average Bonchev–Trinajstić information content (AvgIpc) is 2.81. The van der Waals surface area contributed by atoms with E-state index >= 15 is 0 Å². The van der Waals surface area contributed by atoms with Crippen LogP contribution in [0.5, 0.6) is 5.75 Å². The lowest BCUT2D eigenvalue weighted by Gasteiger charge is -2.33. The molecule has 1 saturated heterocycles. The van der Waals surface area contributed by atoms with Crippen LogP contribution in [0.3, 0.4) is 0 Å². The molecule has 0 saturated carbocycles. The van der Waals surface area contributed by atoms with Crippen molar-refractivity contribution < 1.29 is 9.53 Å². The molecular formula is C23H33IN6O2. The largest absolute Gasteiger partial charge is 0.496 e. The number of methoxy groups -OCH3 is 1. The number of primary amides is 1. The number of guanidine groups is 1. The number of ether oxygens (including phenoxy) is 1. The van der Waals surface area contributed by atoms with Gasteiger partial charge in [0.05, 0.1) is 19.6 Å². The number of aromatic nitrogens is 1. The number of carbonyl (C=O) groups excluding carboxylic acids is 1. The van der Waals surface area contributed by atoms with Crippen LogP contribution in [0.15, 0.2) is 47.6 Å². The van der Waals surface area contributed by atoms with Crippen molar-refractivity contribution in [2.45, 2.75) is 32.9 Å². The van der Waals surface area contributed by atoms with Gasteiger partial charge < -0.3 is 26.0 Å².